The van der Waals surface area contributed by atoms with E-state index in [0.29, 0.717) is 6.07 Å². The number of anilines is 1. The first kappa shape index (κ1) is 15.4. The molecular weight excluding hydrogens is 278 g/mol. The summed E-state index contributed by atoms with van der Waals surface area (Å²) in [4.78, 5) is 0. The van der Waals surface area contributed by atoms with Crippen molar-refractivity contribution in [1.29, 1.82) is 10.7 Å². The van der Waals surface area contributed by atoms with Crippen LogP contribution in [0.1, 0.15) is 11.1 Å². The smallest absolute Gasteiger partial charge is 0.382 e. The van der Waals surface area contributed by atoms with Crippen LogP contribution < -0.4 is 11.2 Å². The van der Waals surface area contributed by atoms with Crippen LogP contribution in [-0.2, 0) is 6.18 Å². The van der Waals surface area contributed by atoms with Crippen LogP contribution in [0.25, 0.3) is 0 Å². The van der Waals surface area contributed by atoms with Crippen molar-refractivity contribution in [2.45, 2.75) is 13.1 Å². The van der Waals surface area contributed by atoms with Crippen molar-refractivity contribution in [3.8, 4) is 6.07 Å². The normalized spacial score (nSPS) is 11.9. The minimum Gasteiger partial charge on any atom is -0.382 e. The minimum atomic E-state index is -4.66. The Morgan fingerprint density at radius 3 is 2.50 bits per heavy atom. The van der Waals surface area contributed by atoms with Gasteiger partial charge in [-0.3, -0.25) is 10.8 Å². The largest absolute Gasteiger partial charge is 0.416 e. The lowest BCUT2D eigenvalue weighted by molar-refractivity contribution is -0.138. The molecule has 0 saturated heterocycles. The van der Waals surface area contributed by atoms with Crippen LogP contribution in [0, 0.1) is 29.5 Å². The zero-order chi connectivity index (χ0) is 15.5. The number of alkyl halides is 3. The number of rotatable bonds is 3. The van der Waals surface area contributed by atoms with E-state index in [1.54, 1.807) is 0 Å². The van der Waals surface area contributed by atoms with Crippen LogP contribution in [0.15, 0.2) is 17.2 Å². The molecule has 0 fully saturated rings. The van der Waals surface area contributed by atoms with E-state index in [9.17, 15) is 17.6 Å². The molecule has 0 atom stereocenters. The Hall–Kier alpha value is -2.63. The van der Waals surface area contributed by atoms with E-state index >= 15 is 0 Å². The summed E-state index contributed by atoms with van der Waals surface area (Å²) < 4.78 is 51.1. The highest BCUT2D eigenvalue weighted by atomic mass is 19.4. The van der Waals surface area contributed by atoms with E-state index in [4.69, 9.17) is 16.4 Å². The highest BCUT2D eigenvalue weighted by Crippen LogP contribution is 2.34. The van der Waals surface area contributed by atoms with Crippen LogP contribution in [0.3, 0.4) is 0 Å². The molecule has 5 nitrogen and oxygen atoms in total. The molecular formula is C11H9F4N5. The number of aryl methyl sites for hydroxylation is 1. The van der Waals surface area contributed by atoms with Crippen molar-refractivity contribution in [2.75, 3.05) is 5.43 Å². The summed E-state index contributed by atoms with van der Waals surface area (Å²) in [6, 6.07) is 2.70. The van der Waals surface area contributed by atoms with Gasteiger partial charge >= 0.3 is 6.18 Å². The van der Waals surface area contributed by atoms with Gasteiger partial charge in [-0.15, -0.1) is 0 Å². The van der Waals surface area contributed by atoms with Crippen LogP contribution in [0.5, 0.6) is 0 Å². The van der Waals surface area contributed by atoms with Crippen LogP contribution in [-0.4, -0.2) is 11.5 Å². The molecule has 1 aromatic rings. The summed E-state index contributed by atoms with van der Waals surface area (Å²) in [6.07, 6.45) is -4.66. The van der Waals surface area contributed by atoms with E-state index in [0.717, 1.165) is 13.0 Å². The topological polar surface area (TPSA) is 98.0 Å². The van der Waals surface area contributed by atoms with Crippen LogP contribution in [0.2, 0.25) is 0 Å². The summed E-state index contributed by atoms with van der Waals surface area (Å²) in [7, 11) is 0. The van der Waals surface area contributed by atoms with E-state index in [1.165, 1.54) is 6.07 Å². The Morgan fingerprint density at radius 2 is 2.05 bits per heavy atom. The lowest BCUT2D eigenvalue weighted by atomic mass is 10.1. The van der Waals surface area contributed by atoms with Crippen LogP contribution >= 0.6 is 0 Å². The van der Waals surface area contributed by atoms with Crippen molar-refractivity contribution in [1.82, 2.24) is 0 Å². The molecule has 0 aliphatic carbocycles. The first-order valence-electron chi connectivity index (χ1n) is 5.12. The molecule has 0 spiro atoms. The molecule has 0 saturated carbocycles. The van der Waals surface area contributed by atoms with Gasteiger partial charge in [0, 0.05) is 0 Å². The zero-order valence-corrected chi connectivity index (χ0v) is 10.1. The third-order valence-corrected chi connectivity index (χ3v) is 2.27. The van der Waals surface area contributed by atoms with Gasteiger partial charge in [0.25, 0.3) is 0 Å². The summed E-state index contributed by atoms with van der Waals surface area (Å²) in [5.41, 5.74) is 4.90. The monoisotopic (exact) mass is 287 g/mol. The van der Waals surface area contributed by atoms with Gasteiger partial charge < -0.3 is 5.73 Å². The van der Waals surface area contributed by atoms with Gasteiger partial charge in [0.15, 0.2) is 5.84 Å². The Bertz CT molecular complexity index is 612. The van der Waals surface area contributed by atoms with Crippen molar-refractivity contribution in [2.24, 2.45) is 10.8 Å². The maximum Gasteiger partial charge on any atom is 0.416 e. The number of halogens is 4. The fraction of sp³-hybridized carbons (Fsp3) is 0.182. The van der Waals surface area contributed by atoms with E-state index in [1.807, 2.05) is 0 Å². The van der Waals surface area contributed by atoms with Crippen molar-refractivity contribution in [3.63, 3.8) is 0 Å². The standard InChI is InChI=1S/C11H9F4N5/c1-5-2-8(19-20-9(4-16)10(17)18)7(12)3-6(5)11(13,14)15/h2-3,19H,1H3,(H3,17,18)/b20-9+. The summed E-state index contributed by atoms with van der Waals surface area (Å²) in [5.74, 6) is -1.84. The molecule has 0 bridgehead atoms. The molecule has 0 aromatic heterocycles. The predicted molar refractivity (Wildman–Crippen MR) is 64.7 cm³/mol. The molecule has 0 aliphatic rings. The first-order chi connectivity index (χ1) is 9.16. The number of hydrogen-bond donors (Lipinski definition) is 3. The number of benzene rings is 1. The van der Waals surface area contributed by atoms with E-state index < -0.39 is 29.1 Å². The van der Waals surface area contributed by atoms with E-state index in [-0.39, 0.29) is 11.3 Å². The van der Waals surface area contributed by atoms with Gasteiger partial charge in [-0.05, 0) is 24.6 Å². The van der Waals surface area contributed by atoms with Gasteiger partial charge in [0.2, 0.25) is 5.71 Å². The number of nitrogens with one attached hydrogen (secondary N) is 2. The molecule has 0 amide bonds. The summed E-state index contributed by atoms with van der Waals surface area (Å²) in [5, 5.41) is 18.9. The van der Waals surface area contributed by atoms with Crippen molar-refractivity contribution >= 4 is 17.2 Å². The fourth-order valence-electron chi connectivity index (χ4n) is 1.33. The Balaban J connectivity index is 3.15. The molecule has 1 rings (SSSR count). The molecule has 9 heteroatoms. The maximum atomic E-state index is 13.5. The van der Waals surface area contributed by atoms with Crippen molar-refractivity contribution < 1.29 is 17.6 Å². The average molecular weight is 287 g/mol. The van der Waals surface area contributed by atoms with E-state index in [2.05, 4.69) is 10.5 Å². The second kappa shape index (κ2) is 5.56. The molecule has 106 valence electrons. The number of nitrogens with two attached hydrogens (primary N) is 1. The molecule has 0 unspecified atom stereocenters. The van der Waals surface area contributed by atoms with Crippen molar-refractivity contribution in [3.05, 3.63) is 29.1 Å². The highest BCUT2D eigenvalue weighted by molar-refractivity contribution is 6.45. The minimum absolute atomic E-state index is 0.210. The lowest BCUT2D eigenvalue weighted by Gasteiger charge is -2.12. The second-order valence-electron chi connectivity index (χ2n) is 3.74. The summed E-state index contributed by atoms with van der Waals surface area (Å²) >= 11 is 0. The molecule has 0 radical (unpaired) electrons. The number of hydrazone groups is 1. The maximum absolute atomic E-state index is 13.5. The average Bonchev–Trinajstić information content (AvgIpc) is 2.31. The number of nitriles is 1. The predicted octanol–water partition coefficient (Wildman–Crippen LogP) is 2.38. The van der Waals surface area contributed by atoms with Gasteiger partial charge in [-0.2, -0.15) is 23.5 Å². The highest BCUT2D eigenvalue weighted by Gasteiger charge is 2.33. The molecule has 20 heavy (non-hydrogen) atoms. The Kier molecular flexibility index (Phi) is 4.29. The van der Waals surface area contributed by atoms with Gasteiger partial charge in [0.05, 0.1) is 11.3 Å². The Morgan fingerprint density at radius 1 is 1.45 bits per heavy atom. The van der Waals surface area contributed by atoms with Gasteiger partial charge in [-0.25, -0.2) is 4.39 Å². The third kappa shape index (κ3) is 3.44. The zero-order valence-electron chi connectivity index (χ0n) is 10.1. The Labute approximate surface area is 111 Å². The molecule has 0 aliphatic heterocycles. The third-order valence-electron chi connectivity index (χ3n) is 2.27. The summed E-state index contributed by atoms with van der Waals surface area (Å²) in [6.45, 7) is 1.16. The molecule has 1 aromatic carbocycles. The number of nitrogens with zero attached hydrogens (tertiary/aromatic N) is 2. The fourth-order valence-corrected chi connectivity index (χ4v) is 1.33. The number of amidine groups is 1. The molecule has 0 heterocycles. The lowest BCUT2D eigenvalue weighted by Crippen LogP contribution is -2.22. The molecule has 4 N–H and O–H groups in total. The van der Waals surface area contributed by atoms with Gasteiger partial charge in [0.1, 0.15) is 11.9 Å². The SMILES string of the molecule is Cc1cc(N/N=C(\C#N)C(=N)N)c(F)cc1C(F)(F)F. The first-order valence-corrected chi connectivity index (χ1v) is 5.12. The van der Waals surface area contributed by atoms with Gasteiger partial charge in [-0.1, -0.05) is 0 Å². The quantitative estimate of drug-likeness (QED) is 0.344. The van der Waals surface area contributed by atoms with Crippen LogP contribution in [0.4, 0.5) is 23.2 Å². The number of hydrogen-bond acceptors (Lipinski definition) is 4. The second-order valence-corrected chi connectivity index (χ2v) is 3.74.